The quantitative estimate of drug-likeness (QED) is 0.0940. The summed E-state index contributed by atoms with van der Waals surface area (Å²) >= 11 is 0. The molecule has 0 fully saturated rings. The molecule has 0 nitrogen and oxygen atoms in total. The standard InChI is InChI=1S/C36H64P2/c1-5-9-29-37(30-10-6-2,35-25-19-17-20-26-35)33-23-15-13-14-16-24-34-38(31-11-7-3,32-12-8-4)36-27-21-18-22-28-36/h17-22,25-28,37-38H,5-16,23-24,29-34H2,1-4H3. The number of benzene rings is 2. The Morgan fingerprint density at radius 2 is 0.605 bits per heavy atom. The Labute approximate surface area is 239 Å². The van der Waals surface area contributed by atoms with Crippen molar-refractivity contribution in [2.75, 3.05) is 37.0 Å². The summed E-state index contributed by atoms with van der Waals surface area (Å²) in [5, 5.41) is 3.51. The van der Waals surface area contributed by atoms with Gasteiger partial charge in [0, 0.05) is 0 Å². The minimum atomic E-state index is -1.37. The van der Waals surface area contributed by atoms with Crippen LogP contribution in [0, 0.1) is 0 Å². The third kappa shape index (κ3) is 11.4. The van der Waals surface area contributed by atoms with E-state index in [-0.39, 0.29) is 0 Å². The second kappa shape index (κ2) is 20.2. The predicted molar refractivity (Wildman–Crippen MR) is 185 cm³/mol. The van der Waals surface area contributed by atoms with Gasteiger partial charge in [-0.05, 0) is 0 Å². The van der Waals surface area contributed by atoms with Gasteiger partial charge in [-0.2, -0.15) is 0 Å². The second-order valence-corrected chi connectivity index (χ2v) is 21.6. The van der Waals surface area contributed by atoms with Crippen molar-refractivity contribution in [2.45, 2.75) is 118 Å². The van der Waals surface area contributed by atoms with Crippen LogP contribution in [-0.4, -0.2) is 37.0 Å². The summed E-state index contributed by atoms with van der Waals surface area (Å²) in [6, 6.07) is 23.6. The molecule has 2 aromatic rings. The van der Waals surface area contributed by atoms with Gasteiger partial charge in [0.05, 0.1) is 0 Å². The summed E-state index contributed by atoms with van der Waals surface area (Å²) in [5.41, 5.74) is 0. The number of hydrogen-bond acceptors (Lipinski definition) is 0. The van der Waals surface area contributed by atoms with Gasteiger partial charge in [0.2, 0.25) is 0 Å². The van der Waals surface area contributed by atoms with E-state index in [1.807, 2.05) is 0 Å². The van der Waals surface area contributed by atoms with Gasteiger partial charge < -0.3 is 0 Å². The second-order valence-electron chi connectivity index (χ2n) is 12.3. The van der Waals surface area contributed by atoms with Crippen molar-refractivity contribution in [2.24, 2.45) is 0 Å². The molecule has 0 heterocycles. The minimum absolute atomic E-state index is 1.35. The third-order valence-corrected chi connectivity index (χ3v) is 20.3. The molecule has 2 rings (SSSR count). The fourth-order valence-corrected chi connectivity index (χ4v) is 17.9. The molecule has 0 N–H and O–H groups in total. The van der Waals surface area contributed by atoms with Crippen LogP contribution in [0.5, 0.6) is 0 Å². The van der Waals surface area contributed by atoms with E-state index < -0.39 is 14.5 Å². The average Bonchev–Trinajstić information content (AvgIpc) is 2.97. The number of hydrogen-bond donors (Lipinski definition) is 0. The van der Waals surface area contributed by atoms with E-state index in [9.17, 15) is 0 Å². The maximum atomic E-state index is 2.48. The van der Waals surface area contributed by atoms with Gasteiger partial charge in [-0.25, -0.2) is 0 Å². The van der Waals surface area contributed by atoms with E-state index in [0.717, 1.165) is 0 Å². The molecule has 0 aliphatic heterocycles. The Kier molecular flexibility index (Phi) is 17.8. The van der Waals surface area contributed by atoms with Crippen LogP contribution >= 0.6 is 14.5 Å². The molecule has 0 radical (unpaired) electrons. The number of unbranched alkanes of at least 4 members (excludes halogenated alkanes) is 9. The average molecular weight is 559 g/mol. The fraction of sp³-hybridized carbons (Fsp3) is 0.667. The van der Waals surface area contributed by atoms with E-state index in [1.165, 1.54) is 127 Å². The Hall–Kier alpha value is -0.700. The first-order valence-corrected chi connectivity index (χ1v) is 22.0. The molecule has 0 atom stereocenters. The Morgan fingerprint density at radius 1 is 0.342 bits per heavy atom. The molecular weight excluding hydrogens is 494 g/mol. The molecule has 2 heteroatoms. The van der Waals surface area contributed by atoms with Crippen LogP contribution in [0.25, 0.3) is 0 Å². The summed E-state index contributed by atoms with van der Waals surface area (Å²) in [4.78, 5) is 0. The molecule has 0 unspecified atom stereocenters. The summed E-state index contributed by atoms with van der Waals surface area (Å²) in [5.74, 6) is 0. The van der Waals surface area contributed by atoms with Crippen molar-refractivity contribution in [3.8, 4) is 0 Å². The Morgan fingerprint density at radius 3 is 0.895 bits per heavy atom. The monoisotopic (exact) mass is 558 g/mol. The molecule has 0 aliphatic rings. The van der Waals surface area contributed by atoms with Crippen molar-refractivity contribution in [1.82, 2.24) is 0 Å². The molecule has 0 amide bonds. The van der Waals surface area contributed by atoms with E-state index in [2.05, 4.69) is 88.4 Å². The zero-order valence-corrected chi connectivity index (χ0v) is 27.9. The summed E-state index contributed by atoms with van der Waals surface area (Å²) in [6.07, 6.45) is 28.9. The molecule has 0 saturated carbocycles. The topological polar surface area (TPSA) is 0 Å². The van der Waals surface area contributed by atoms with Crippen molar-refractivity contribution in [1.29, 1.82) is 0 Å². The van der Waals surface area contributed by atoms with Gasteiger partial charge in [-0.3, -0.25) is 0 Å². The first-order chi connectivity index (χ1) is 18.7. The normalized spacial score (nSPS) is 13.1. The Bertz CT molecular complexity index is 715. The van der Waals surface area contributed by atoms with E-state index in [4.69, 9.17) is 0 Å². The summed E-state index contributed by atoms with van der Waals surface area (Å²) < 4.78 is 0. The van der Waals surface area contributed by atoms with Crippen molar-refractivity contribution < 1.29 is 0 Å². The molecular formula is C36H64P2. The van der Waals surface area contributed by atoms with Crippen molar-refractivity contribution in [3.63, 3.8) is 0 Å². The summed E-state index contributed by atoms with van der Waals surface area (Å²) in [7, 11) is -2.74. The van der Waals surface area contributed by atoms with Crippen LogP contribution in [0.1, 0.15) is 118 Å². The van der Waals surface area contributed by atoms with Crippen LogP contribution in [0.2, 0.25) is 0 Å². The number of rotatable bonds is 23. The molecule has 0 aromatic heterocycles. The van der Waals surface area contributed by atoms with Crippen LogP contribution in [0.15, 0.2) is 60.7 Å². The van der Waals surface area contributed by atoms with E-state index in [0.29, 0.717) is 0 Å². The molecule has 38 heavy (non-hydrogen) atoms. The molecule has 0 spiro atoms. The molecule has 0 aliphatic carbocycles. The molecule has 218 valence electrons. The Balaban J connectivity index is 1.88. The first-order valence-electron chi connectivity index (χ1n) is 16.8. The first kappa shape index (κ1) is 33.5. The van der Waals surface area contributed by atoms with Gasteiger partial charge in [0.1, 0.15) is 0 Å². The maximum absolute atomic E-state index is 2.48. The zero-order valence-electron chi connectivity index (χ0n) is 25.9. The molecule has 2 aromatic carbocycles. The van der Waals surface area contributed by atoms with Gasteiger partial charge >= 0.3 is 240 Å². The van der Waals surface area contributed by atoms with Crippen LogP contribution in [0.4, 0.5) is 0 Å². The van der Waals surface area contributed by atoms with Gasteiger partial charge in [-0.1, -0.05) is 0 Å². The van der Waals surface area contributed by atoms with Gasteiger partial charge in [-0.15, -0.1) is 0 Å². The van der Waals surface area contributed by atoms with Crippen molar-refractivity contribution >= 4 is 25.1 Å². The van der Waals surface area contributed by atoms with Crippen LogP contribution in [-0.2, 0) is 0 Å². The van der Waals surface area contributed by atoms with E-state index in [1.54, 1.807) is 10.6 Å². The molecule has 0 saturated heterocycles. The van der Waals surface area contributed by atoms with E-state index >= 15 is 0 Å². The predicted octanol–water partition coefficient (Wildman–Crippen LogP) is 10.7. The zero-order chi connectivity index (χ0) is 27.4. The third-order valence-electron chi connectivity index (χ3n) is 9.37. The summed E-state index contributed by atoms with van der Waals surface area (Å²) in [6.45, 7) is 9.52. The van der Waals surface area contributed by atoms with Gasteiger partial charge in [0.25, 0.3) is 0 Å². The van der Waals surface area contributed by atoms with Crippen LogP contribution in [0.3, 0.4) is 0 Å². The SMILES string of the molecule is CCCC[PH](CCCC)(CCCCCCCC[PH](CCCC)(CCCC)c1ccccc1)c1ccccc1. The van der Waals surface area contributed by atoms with Crippen LogP contribution < -0.4 is 10.6 Å². The van der Waals surface area contributed by atoms with Gasteiger partial charge in [0.15, 0.2) is 0 Å². The van der Waals surface area contributed by atoms with Crippen molar-refractivity contribution in [3.05, 3.63) is 60.7 Å². The fourth-order valence-electron chi connectivity index (χ4n) is 6.89. The molecule has 0 bridgehead atoms.